The molecule has 1 unspecified atom stereocenters. The van der Waals surface area contributed by atoms with E-state index in [2.05, 4.69) is 38.6 Å². The third-order valence-corrected chi connectivity index (χ3v) is 7.57. The largest absolute Gasteiger partial charge is 0.416 e. The van der Waals surface area contributed by atoms with Crippen LogP contribution in [0.5, 0.6) is 0 Å². The van der Waals surface area contributed by atoms with Crippen molar-refractivity contribution in [3.63, 3.8) is 0 Å². The van der Waals surface area contributed by atoms with Crippen molar-refractivity contribution in [2.45, 2.75) is 43.9 Å². The number of carbonyl (C=O) groups is 2. The molecule has 10 heteroatoms. The zero-order valence-corrected chi connectivity index (χ0v) is 21.6. The Balaban J connectivity index is 1.08. The average molecular weight is 540 g/mol. The van der Waals surface area contributed by atoms with E-state index >= 15 is 0 Å². The first-order valence-corrected chi connectivity index (χ1v) is 13.4. The number of nitrogens with zero attached hydrogens (tertiary/aromatic N) is 3. The minimum absolute atomic E-state index is 0.0236. The second-order valence-corrected chi connectivity index (χ2v) is 10.2. The van der Waals surface area contributed by atoms with Crippen LogP contribution in [0.3, 0.4) is 0 Å². The van der Waals surface area contributed by atoms with Crippen LogP contribution < -0.4 is 15.5 Å². The highest BCUT2D eigenvalue weighted by Crippen LogP contribution is 2.29. The summed E-state index contributed by atoms with van der Waals surface area (Å²) < 4.78 is 38.7. The minimum atomic E-state index is -4.54. The number of aromatic nitrogens is 1. The number of alkyl halides is 3. The van der Waals surface area contributed by atoms with Gasteiger partial charge in [-0.05, 0) is 62.1 Å². The first kappa shape index (κ1) is 26.9. The number of fused-ring (bicyclic) bond motifs is 1. The van der Waals surface area contributed by atoms with Crippen LogP contribution in [0, 0.1) is 0 Å². The molecule has 3 heterocycles. The van der Waals surface area contributed by atoms with Gasteiger partial charge < -0.3 is 15.5 Å². The number of pyridine rings is 1. The number of carbonyl (C=O) groups excluding carboxylic acids is 2. The van der Waals surface area contributed by atoms with Gasteiger partial charge in [0, 0.05) is 49.2 Å². The molecule has 7 nitrogen and oxygen atoms in total. The first-order chi connectivity index (χ1) is 18.8. The third-order valence-electron chi connectivity index (χ3n) is 7.57. The molecule has 0 aliphatic carbocycles. The van der Waals surface area contributed by atoms with E-state index in [0.717, 1.165) is 80.7 Å². The normalized spacial score (nSPS) is 20.5. The molecule has 1 aromatic heterocycles. The van der Waals surface area contributed by atoms with Gasteiger partial charge in [-0.15, -0.1) is 0 Å². The molecule has 0 spiro atoms. The second kappa shape index (κ2) is 11.6. The third kappa shape index (κ3) is 6.68. The molecule has 2 aliphatic rings. The quantitative estimate of drug-likeness (QED) is 0.490. The number of amides is 2. The van der Waals surface area contributed by atoms with Gasteiger partial charge in [0.1, 0.15) is 5.82 Å². The van der Waals surface area contributed by atoms with E-state index in [-0.39, 0.29) is 24.1 Å². The summed E-state index contributed by atoms with van der Waals surface area (Å²) in [6.45, 7) is 3.22. The van der Waals surface area contributed by atoms with Crippen LogP contribution in [-0.2, 0) is 11.0 Å². The number of halogens is 3. The fraction of sp³-hybridized carbons (Fsp3) is 0.414. The van der Waals surface area contributed by atoms with Crippen LogP contribution in [0.15, 0.2) is 60.7 Å². The van der Waals surface area contributed by atoms with Crippen LogP contribution >= 0.6 is 0 Å². The van der Waals surface area contributed by atoms with Crippen molar-refractivity contribution in [1.82, 2.24) is 20.5 Å². The molecule has 2 amide bonds. The van der Waals surface area contributed by atoms with E-state index < -0.39 is 17.6 Å². The molecule has 2 atom stereocenters. The van der Waals surface area contributed by atoms with Gasteiger partial charge in [-0.2, -0.15) is 13.2 Å². The van der Waals surface area contributed by atoms with Crippen LogP contribution in [0.4, 0.5) is 19.0 Å². The maximum Gasteiger partial charge on any atom is 0.416 e. The standard InChI is InChI=1S/C29H32F3N5O2/c30-29(31,32)22-7-3-6-21(17-22)28(39)33-18-27(38)34-23-12-15-37(19-23)24-8-4-14-36(16-13-24)26-11-10-20-5-1-2-9-25(20)35-26/h1-3,5-7,9-11,17,23-24H,4,8,12-16,18-19H2,(H,33,39)(H,34,38)/t23-,24?/m1/s1. The minimum Gasteiger partial charge on any atom is -0.357 e. The van der Waals surface area contributed by atoms with E-state index in [1.807, 2.05) is 18.2 Å². The Morgan fingerprint density at radius 2 is 1.79 bits per heavy atom. The lowest BCUT2D eigenvalue weighted by Crippen LogP contribution is -2.44. The lowest BCUT2D eigenvalue weighted by atomic mass is 10.1. The Labute approximate surface area is 225 Å². The molecule has 2 aromatic carbocycles. The Bertz CT molecular complexity index is 1330. The summed E-state index contributed by atoms with van der Waals surface area (Å²) in [6.07, 6.45) is -0.557. The number of hydrogen-bond donors (Lipinski definition) is 2. The summed E-state index contributed by atoms with van der Waals surface area (Å²) in [6, 6.07) is 16.9. The predicted molar refractivity (Wildman–Crippen MR) is 143 cm³/mol. The Kier molecular flexibility index (Phi) is 8.02. The smallest absolute Gasteiger partial charge is 0.357 e. The predicted octanol–water partition coefficient (Wildman–Crippen LogP) is 4.23. The van der Waals surface area contributed by atoms with Crippen molar-refractivity contribution in [1.29, 1.82) is 0 Å². The number of hydrogen-bond acceptors (Lipinski definition) is 5. The maximum atomic E-state index is 12.9. The lowest BCUT2D eigenvalue weighted by molar-refractivity contribution is -0.137. The summed E-state index contributed by atoms with van der Waals surface area (Å²) in [5.74, 6) is -0.0575. The van der Waals surface area contributed by atoms with E-state index in [9.17, 15) is 22.8 Å². The molecule has 2 aliphatic heterocycles. The van der Waals surface area contributed by atoms with Crippen LogP contribution in [0.2, 0.25) is 0 Å². The zero-order chi connectivity index (χ0) is 27.4. The van der Waals surface area contributed by atoms with Crippen molar-refractivity contribution in [2.75, 3.05) is 37.6 Å². The van der Waals surface area contributed by atoms with Gasteiger partial charge in [-0.3, -0.25) is 14.5 Å². The first-order valence-electron chi connectivity index (χ1n) is 13.4. The van der Waals surface area contributed by atoms with E-state index in [1.54, 1.807) is 0 Å². The number of nitrogens with one attached hydrogen (secondary N) is 2. The lowest BCUT2D eigenvalue weighted by Gasteiger charge is -2.27. The second-order valence-electron chi connectivity index (χ2n) is 10.2. The molecule has 206 valence electrons. The molecular formula is C29H32F3N5O2. The summed E-state index contributed by atoms with van der Waals surface area (Å²) in [7, 11) is 0. The number of likely N-dealkylation sites (tertiary alicyclic amines) is 1. The average Bonchev–Trinajstić information content (AvgIpc) is 3.25. The van der Waals surface area contributed by atoms with Gasteiger partial charge in [-0.25, -0.2) is 4.98 Å². The van der Waals surface area contributed by atoms with Crippen molar-refractivity contribution in [3.8, 4) is 0 Å². The molecule has 2 N–H and O–H groups in total. The Morgan fingerprint density at radius 1 is 0.949 bits per heavy atom. The Hall–Kier alpha value is -3.66. The Morgan fingerprint density at radius 3 is 2.64 bits per heavy atom. The van der Waals surface area contributed by atoms with E-state index in [1.165, 1.54) is 12.1 Å². The summed E-state index contributed by atoms with van der Waals surface area (Å²) >= 11 is 0. The number of benzene rings is 2. The number of para-hydroxylation sites is 1. The number of anilines is 1. The highest BCUT2D eigenvalue weighted by molar-refractivity contribution is 5.96. The van der Waals surface area contributed by atoms with Crippen LogP contribution in [0.25, 0.3) is 10.9 Å². The number of rotatable bonds is 6. The highest BCUT2D eigenvalue weighted by Gasteiger charge is 2.32. The van der Waals surface area contributed by atoms with Gasteiger partial charge >= 0.3 is 6.18 Å². The maximum absolute atomic E-state index is 12.9. The molecule has 2 saturated heterocycles. The van der Waals surface area contributed by atoms with E-state index in [4.69, 9.17) is 4.98 Å². The fourth-order valence-corrected chi connectivity index (χ4v) is 5.52. The topological polar surface area (TPSA) is 77.6 Å². The van der Waals surface area contributed by atoms with Crippen LogP contribution in [-0.4, -0.2) is 66.5 Å². The SMILES string of the molecule is O=C(CNC(=O)c1cccc(C(F)(F)F)c1)N[C@@H]1CCN(C2CCCN(c3ccc4ccccc4n3)CC2)C1. The molecule has 0 radical (unpaired) electrons. The molecular weight excluding hydrogens is 507 g/mol. The molecule has 2 fully saturated rings. The fourth-order valence-electron chi connectivity index (χ4n) is 5.52. The molecule has 39 heavy (non-hydrogen) atoms. The molecule has 0 saturated carbocycles. The van der Waals surface area contributed by atoms with Crippen molar-refractivity contribution < 1.29 is 22.8 Å². The highest BCUT2D eigenvalue weighted by atomic mass is 19.4. The zero-order valence-electron chi connectivity index (χ0n) is 21.6. The molecule has 0 bridgehead atoms. The van der Waals surface area contributed by atoms with Gasteiger partial charge in [0.05, 0.1) is 17.6 Å². The van der Waals surface area contributed by atoms with Gasteiger partial charge in [0.25, 0.3) is 5.91 Å². The van der Waals surface area contributed by atoms with Crippen molar-refractivity contribution >= 4 is 28.5 Å². The molecule has 5 rings (SSSR count). The van der Waals surface area contributed by atoms with Crippen molar-refractivity contribution in [2.24, 2.45) is 0 Å². The molecule has 3 aromatic rings. The van der Waals surface area contributed by atoms with Gasteiger partial charge in [0.2, 0.25) is 5.91 Å². The van der Waals surface area contributed by atoms with Crippen LogP contribution in [0.1, 0.15) is 41.6 Å². The monoisotopic (exact) mass is 539 g/mol. The summed E-state index contributed by atoms with van der Waals surface area (Å²) in [5.41, 5.74) is -0.0355. The van der Waals surface area contributed by atoms with Gasteiger partial charge in [0.15, 0.2) is 0 Å². The summed E-state index contributed by atoms with van der Waals surface area (Å²) in [5, 5.41) is 6.52. The summed E-state index contributed by atoms with van der Waals surface area (Å²) in [4.78, 5) is 34.4. The van der Waals surface area contributed by atoms with Gasteiger partial charge in [-0.1, -0.05) is 24.3 Å². The van der Waals surface area contributed by atoms with E-state index in [0.29, 0.717) is 6.04 Å². The van der Waals surface area contributed by atoms with Crippen molar-refractivity contribution in [3.05, 3.63) is 71.8 Å².